The van der Waals surface area contributed by atoms with Crippen molar-refractivity contribution in [3.05, 3.63) is 35.4 Å². The minimum atomic E-state index is -0.0519. The molecule has 3 rings (SSSR count). The van der Waals surface area contributed by atoms with Crippen LogP contribution in [0.3, 0.4) is 0 Å². The van der Waals surface area contributed by atoms with Crippen molar-refractivity contribution in [2.75, 3.05) is 27.2 Å². The number of benzene rings is 1. The quantitative estimate of drug-likeness (QED) is 0.418. The molecular weight excluding hydrogens is 427 g/mol. The summed E-state index contributed by atoms with van der Waals surface area (Å²) in [6.07, 6.45) is 6.79. The van der Waals surface area contributed by atoms with Crippen molar-refractivity contribution in [3.63, 3.8) is 0 Å². The molecule has 0 aromatic heterocycles. The maximum atomic E-state index is 11.7. The van der Waals surface area contributed by atoms with Crippen molar-refractivity contribution in [2.45, 2.75) is 38.6 Å². The van der Waals surface area contributed by atoms with E-state index < -0.39 is 0 Å². The van der Waals surface area contributed by atoms with Gasteiger partial charge in [-0.15, -0.1) is 24.0 Å². The summed E-state index contributed by atoms with van der Waals surface area (Å²) in [5, 5.41) is 6.13. The molecule has 1 saturated carbocycles. The van der Waals surface area contributed by atoms with Gasteiger partial charge in [0.2, 0.25) is 0 Å². The van der Waals surface area contributed by atoms with E-state index in [1.54, 1.807) is 7.05 Å². The fourth-order valence-electron chi connectivity index (χ4n) is 4.13. The highest BCUT2D eigenvalue weighted by atomic mass is 127. The van der Waals surface area contributed by atoms with E-state index in [1.165, 1.54) is 32.1 Å². The predicted octanol–water partition coefficient (Wildman–Crippen LogP) is 3.01. The number of carbonyl (C=O) groups excluding carboxylic acids is 1. The smallest absolute Gasteiger partial charge is 0.251 e. The van der Waals surface area contributed by atoms with Crippen LogP contribution >= 0.6 is 24.0 Å². The Morgan fingerprint density at radius 1 is 1.28 bits per heavy atom. The zero-order valence-corrected chi connectivity index (χ0v) is 17.5. The van der Waals surface area contributed by atoms with Gasteiger partial charge in [-0.2, -0.15) is 0 Å². The largest absolute Gasteiger partial charge is 0.355 e. The number of carbonyl (C=O) groups is 1. The van der Waals surface area contributed by atoms with Gasteiger partial charge in [0.05, 0.1) is 0 Å². The third kappa shape index (κ3) is 4.65. The predicted molar refractivity (Wildman–Crippen MR) is 113 cm³/mol. The summed E-state index contributed by atoms with van der Waals surface area (Å²) in [5.41, 5.74) is 2.32. The van der Waals surface area contributed by atoms with Gasteiger partial charge in [-0.3, -0.25) is 9.79 Å². The van der Waals surface area contributed by atoms with Crippen molar-refractivity contribution >= 4 is 35.8 Å². The summed E-state index contributed by atoms with van der Waals surface area (Å²) in [5.74, 6) is 0.924. The summed E-state index contributed by atoms with van der Waals surface area (Å²) in [6, 6.07) is 7.73. The summed E-state index contributed by atoms with van der Waals surface area (Å²) < 4.78 is 0. The molecule has 1 amide bonds. The van der Waals surface area contributed by atoms with Crippen molar-refractivity contribution in [2.24, 2.45) is 10.4 Å². The van der Waals surface area contributed by atoms with E-state index in [-0.39, 0.29) is 29.9 Å². The van der Waals surface area contributed by atoms with Gasteiger partial charge in [0.1, 0.15) is 0 Å². The third-order valence-electron chi connectivity index (χ3n) is 5.48. The Balaban J connectivity index is 0.00000225. The first-order valence-electron chi connectivity index (χ1n) is 8.92. The molecule has 1 aliphatic heterocycles. The number of nitrogens with one attached hydrogen (secondary N) is 2. The van der Waals surface area contributed by atoms with Crippen LogP contribution < -0.4 is 10.6 Å². The Bertz CT molecular complexity index is 626. The molecule has 1 heterocycles. The molecule has 25 heavy (non-hydrogen) atoms. The summed E-state index contributed by atoms with van der Waals surface area (Å²) in [7, 11) is 3.50. The number of likely N-dealkylation sites (tertiary alicyclic amines) is 1. The highest BCUT2D eigenvalue weighted by Crippen LogP contribution is 2.45. The first kappa shape index (κ1) is 20.0. The first-order chi connectivity index (χ1) is 11.7. The van der Waals surface area contributed by atoms with Gasteiger partial charge < -0.3 is 15.5 Å². The Labute approximate surface area is 167 Å². The van der Waals surface area contributed by atoms with E-state index in [0.29, 0.717) is 17.5 Å². The van der Waals surface area contributed by atoms with E-state index in [2.05, 4.69) is 20.5 Å². The number of hydrogen-bond donors (Lipinski definition) is 2. The van der Waals surface area contributed by atoms with Crippen molar-refractivity contribution in [1.29, 1.82) is 0 Å². The van der Waals surface area contributed by atoms with Crippen LogP contribution in [0.25, 0.3) is 0 Å². The molecule has 5 nitrogen and oxygen atoms in total. The molecule has 0 radical (unpaired) electrons. The SMILES string of the molecule is CN=C(NCc1cccc(C(=O)NC)c1)N1CCC2(CCCC2)C1.I. The van der Waals surface area contributed by atoms with Crippen molar-refractivity contribution in [3.8, 4) is 0 Å². The number of halogens is 1. The number of nitrogens with zero attached hydrogens (tertiary/aromatic N) is 2. The lowest BCUT2D eigenvalue weighted by Gasteiger charge is -2.26. The van der Waals surface area contributed by atoms with E-state index in [0.717, 1.165) is 24.6 Å². The number of amides is 1. The molecular formula is C19H29IN4O. The number of aliphatic imine (C=N–C) groups is 1. The van der Waals surface area contributed by atoms with Crippen LogP contribution in [0.15, 0.2) is 29.3 Å². The van der Waals surface area contributed by atoms with Gasteiger partial charge in [-0.25, -0.2) is 0 Å². The second kappa shape index (κ2) is 8.87. The normalized spacial score (nSPS) is 19.0. The molecule has 2 aliphatic rings. The Kier molecular flexibility index (Phi) is 7.10. The zero-order chi connectivity index (χ0) is 17.0. The fraction of sp³-hybridized carbons (Fsp3) is 0.579. The molecule has 138 valence electrons. The van der Waals surface area contributed by atoms with Crippen LogP contribution in [0, 0.1) is 5.41 Å². The molecule has 0 atom stereocenters. The Morgan fingerprint density at radius 2 is 2.04 bits per heavy atom. The van der Waals surface area contributed by atoms with Gasteiger partial charge in [-0.05, 0) is 42.4 Å². The molecule has 1 saturated heterocycles. The van der Waals surface area contributed by atoms with Crippen LogP contribution in [-0.2, 0) is 6.54 Å². The Hall–Kier alpha value is -1.31. The molecule has 1 aliphatic carbocycles. The van der Waals surface area contributed by atoms with Crippen LogP contribution in [-0.4, -0.2) is 44.0 Å². The molecule has 1 aromatic rings. The second-order valence-corrected chi connectivity index (χ2v) is 7.06. The second-order valence-electron chi connectivity index (χ2n) is 7.06. The van der Waals surface area contributed by atoms with Crippen LogP contribution in [0.1, 0.15) is 48.0 Å². The molecule has 1 aromatic carbocycles. The third-order valence-corrected chi connectivity index (χ3v) is 5.48. The minimum absolute atomic E-state index is 0. The van der Waals surface area contributed by atoms with Crippen molar-refractivity contribution in [1.82, 2.24) is 15.5 Å². The van der Waals surface area contributed by atoms with Gasteiger partial charge in [0.15, 0.2) is 5.96 Å². The van der Waals surface area contributed by atoms with Crippen LogP contribution in [0.5, 0.6) is 0 Å². The zero-order valence-electron chi connectivity index (χ0n) is 15.2. The Morgan fingerprint density at radius 3 is 2.72 bits per heavy atom. The molecule has 2 N–H and O–H groups in total. The first-order valence-corrected chi connectivity index (χ1v) is 8.92. The molecule has 2 fully saturated rings. The maximum absolute atomic E-state index is 11.7. The topological polar surface area (TPSA) is 56.7 Å². The molecule has 0 bridgehead atoms. The maximum Gasteiger partial charge on any atom is 0.251 e. The van der Waals surface area contributed by atoms with Gasteiger partial charge in [-0.1, -0.05) is 25.0 Å². The lowest BCUT2D eigenvalue weighted by Crippen LogP contribution is -2.40. The highest BCUT2D eigenvalue weighted by molar-refractivity contribution is 14.0. The van der Waals surface area contributed by atoms with Gasteiger partial charge >= 0.3 is 0 Å². The minimum Gasteiger partial charge on any atom is -0.355 e. The average Bonchev–Trinajstić information content (AvgIpc) is 3.25. The fourth-order valence-corrected chi connectivity index (χ4v) is 4.13. The standard InChI is InChI=1S/C19H28N4O.HI/c1-20-17(24)16-7-5-6-15(12-16)13-22-18(21-2)23-11-10-19(14-23)8-3-4-9-19;/h5-7,12H,3-4,8-11,13-14H2,1-2H3,(H,20,24)(H,21,22);1H. The van der Waals surface area contributed by atoms with E-state index in [9.17, 15) is 4.79 Å². The number of hydrogen-bond acceptors (Lipinski definition) is 2. The van der Waals surface area contributed by atoms with Gasteiger partial charge in [0, 0.05) is 39.3 Å². The average molecular weight is 456 g/mol. The van der Waals surface area contributed by atoms with E-state index >= 15 is 0 Å². The summed E-state index contributed by atoms with van der Waals surface area (Å²) in [4.78, 5) is 18.6. The molecule has 0 unspecified atom stereocenters. The monoisotopic (exact) mass is 456 g/mol. The van der Waals surface area contributed by atoms with E-state index in [1.807, 2.05) is 31.3 Å². The van der Waals surface area contributed by atoms with Crippen molar-refractivity contribution < 1.29 is 4.79 Å². The van der Waals surface area contributed by atoms with Crippen LogP contribution in [0.4, 0.5) is 0 Å². The number of rotatable bonds is 3. The number of guanidine groups is 1. The lowest BCUT2D eigenvalue weighted by molar-refractivity contribution is 0.0963. The summed E-state index contributed by atoms with van der Waals surface area (Å²) >= 11 is 0. The highest BCUT2D eigenvalue weighted by Gasteiger charge is 2.41. The van der Waals surface area contributed by atoms with E-state index in [4.69, 9.17) is 0 Å². The molecule has 1 spiro atoms. The molecule has 6 heteroatoms. The lowest BCUT2D eigenvalue weighted by atomic mass is 9.86. The van der Waals surface area contributed by atoms with Gasteiger partial charge in [0.25, 0.3) is 5.91 Å². The van der Waals surface area contributed by atoms with Crippen LogP contribution in [0.2, 0.25) is 0 Å². The summed E-state index contributed by atoms with van der Waals surface area (Å²) in [6.45, 7) is 2.91.